The molecule has 70 valence electrons. The van der Waals surface area contributed by atoms with Gasteiger partial charge in [0.1, 0.15) is 5.02 Å². The highest BCUT2D eigenvalue weighted by molar-refractivity contribution is 6.33. The number of nitro benzene ring substituents is 1. The van der Waals surface area contributed by atoms with Gasteiger partial charge in [0.25, 0.3) is 5.69 Å². The lowest BCUT2D eigenvalue weighted by Gasteiger charge is -2.03. The Kier molecular flexibility index (Phi) is 2.85. The van der Waals surface area contributed by atoms with Crippen LogP contribution in [0.15, 0.2) is 12.1 Å². The molecule has 5 heteroatoms. The first-order chi connectivity index (χ1) is 6.07. The maximum absolute atomic E-state index is 10.6. The zero-order valence-corrected chi connectivity index (χ0v) is 7.71. The third-order valence-corrected chi connectivity index (χ3v) is 2.17. The van der Waals surface area contributed by atoms with Crippen molar-refractivity contribution >= 4 is 17.3 Å². The molecular formula is C8H8ClNO3. The predicted molar refractivity (Wildman–Crippen MR) is 48.8 cm³/mol. The normalized spacial score (nSPS) is 10.1. The van der Waals surface area contributed by atoms with Crippen LogP contribution in [-0.2, 0) is 6.61 Å². The van der Waals surface area contributed by atoms with Crippen LogP contribution in [0.5, 0.6) is 0 Å². The number of aliphatic hydroxyl groups is 1. The molecule has 0 atom stereocenters. The van der Waals surface area contributed by atoms with Crippen molar-refractivity contribution in [3.05, 3.63) is 38.4 Å². The first-order valence-electron chi connectivity index (χ1n) is 3.61. The van der Waals surface area contributed by atoms with Crippen LogP contribution in [-0.4, -0.2) is 10.0 Å². The largest absolute Gasteiger partial charge is 0.392 e. The molecule has 0 amide bonds. The van der Waals surface area contributed by atoms with E-state index < -0.39 is 4.92 Å². The van der Waals surface area contributed by atoms with E-state index in [9.17, 15) is 10.1 Å². The van der Waals surface area contributed by atoms with E-state index in [4.69, 9.17) is 16.7 Å². The number of hydrogen-bond acceptors (Lipinski definition) is 3. The van der Waals surface area contributed by atoms with E-state index in [0.717, 1.165) is 0 Å². The fraction of sp³-hybridized carbons (Fsp3) is 0.250. The predicted octanol–water partition coefficient (Wildman–Crippen LogP) is 2.05. The summed E-state index contributed by atoms with van der Waals surface area (Å²) in [7, 11) is 0. The molecule has 1 aromatic rings. The lowest BCUT2D eigenvalue weighted by atomic mass is 10.1. The van der Waals surface area contributed by atoms with Gasteiger partial charge in [-0.2, -0.15) is 0 Å². The fourth-order valence-corrected chi connectivity index (χ4v) is 1.39. The molecular weight excluding hydrogens is 194 g/mol. The van der Waals surface area contributed by atoms with Gasteiger partial charge in [0.15, 0.2) is 0 Å². The summed E-state index contributed by atoms with van der Waals surface area (Å²) in [6.07, 6.45) is 0. The highest BCUT2D eigenvalue weighted by Gasteiger charge is 2.18. The molecule has 4 nitrogen and oxygen atoms in total. The van der Waals surface area contributed by atoms with Crippen LogP contribution in [0.25, 0.3) is 0 Å². The molecule has 0 fully saturated rings. The molecule has 0 bridgehead atoms. The molecule has 0 aromatic heterocycles. The second-order valence-corrected chi connectivity index (χ2v) is 3.00. The molecule has 13 heavy (non-hydrogen) atoms. The number of benzene rings is 1. The maximum Gasteiger partial charge on any atom is 0.291 e. The minimum atomic E-state index is -0.545. The van der Waals surface area contributed by atoms with E-state index in [1.807, 2.05) is 0 Å². The van der Waals surface area contributed by atoms with Gasteiger partial charge in [0.05, 0.1) is 11.5 Å². The number of nitro groups is 1. The number of halogens is 1. The topological polar surface area (TPSA) is 63.4 Å². The fourth-order valence-electron chi connectivity index (χ4n) is 1.05. The summed E-state index contributed by atoms with van der Waals surface area (Å²) in [6, 6.07) is 3.14. The van der Waals surface area contributed by atoms with Gasteiger partial charge in [0, 0.05) is 11.1 Å². The molecule has 0 saturated heterocycles. The highest BCUT2D eigenvalue weighted by atomic mass is 35.5. The van der Waals surface area contributed by atoms with E-state index >= 15 is 0 Å². The molecule has 1 N–H and O–H groups in total. The van der Waals surface area contributed by atoms with Crippen LogP contribution in [0.4, 0.5) is 5.69 Å². The van der Waals surface area contributed by atoms with Gasteiger partial charge in [-0.1, -0.05) is 23.7 Å². The van der Waals surface area contributed by atoms with Crippen molar-refractivity contribution in [2.75, 3.05) is 0 Å². The highest BCUT2D eigenvalue weighted by Crippen LogP contribution is 2.31. The zero-order chi connectivity index (χ0) is 10.0. The smallest absolute Gasteiger partial charge is 0.291 e. The van der Waals surface area contributed by atoms with Crippen molar-refractivity contribution in [3.63, 3.8) is 0 Å². The Morgan fingerprint density at radius 1 is 1.62 bits per heavy atom. The minimum Gasteiger partial charge on any atom is -0.392 e. The van der Waals surface area contributed by atoms with E-state index in [2.05, 4.69) is 0 Å². The summed E-state index contributed by atoms with van der Waals surface area (Å²) in [5.41, 5.74) is 0.736. The molecule has 0 unspecified atom stereocenters. The molecule has 1 aromatic carbocycles. The van der Waals surface area contributed by atoms with Gasteiger partial charge in [-0.25, -0.2) is 0 Å². The Hall–Kier alpha value is -1.13. The van der Waals surface area contributed by atoms with E-state index in [-0.39, 0.29) is 17.3 Å². The van der Waals surface area contributed by atoms with Crippen LogP contribution in [0.1, 0.15) is 11.1 Å². The average Bonchev–Trinajstić information content (AvgIpc) is 2.04. The van der Waals surface area contributed by atoms with E-state index in [1.54, 1.807) is 19.1 Å². The van der Waals surface area contributed by atoms with Gasteiger partial charge in [-0.05, 0) is 6.92 Å². The Labute approximate surface area is 79.9 Å². The number of rotatable bonds is 2. The maximum atomic E-state index is 10.6. The number of hydrogen-bond donors (Lipinski definition) is 1. The van der Waals surface area contributed by atoms with Crippen LogP contribution >= 0.6 is 11.6 Å². The summed E-state index contributed by atoms with van der Waals surface area (Å²) in [6.45, 7) is 1.31. The summed E-state index contributed by atoms with van der Waals surface area (Å²) in [5.74, 6) is 0. The summed E-state index contributed by atoms with van der Waals surface area (Å²) >= 11 is 5.71. The number of aryl methyl sites for hydroxylation is 1. The second kappa shape index (κ2) is 3.72. The molecule has 0 spiro atoms. The van der Waals surface area contributed by atoms with Gasteiger partial charge in [0.2, 0.25) is 0 Å². The molecule has 0 aliphatic rings. The Balaban J connectivity index is 3.38. The van der Waals surface area contributed by atoms with Crippen molar-refractivity contribution in [3.8, 4) is 0 Å². The van der Waals surface area contributed by atoms with Gasteiger partial charge >= 0.3 is 0 Å². The van der Waals surface area contributed by atoms with Crippen LogP contribution in [0, 0.1) is 17.0 Å². The standard InChI is InChI=1S/C8H8ClNO3/c1-5-2-3-6(4-11)7(9)8(5)10(12)13/h2-3,11H,4H2,1H3. The van der Waals surface area contributed by atoms with Gasteiger partial charge < -0.3 is 5.11 Å². The van der Waals surface area contributed by atoms with Crippen molar-refractivity contribution in [2.24, 2.45) is 0 Å². The number of aliphatic hydroxyl groups excluding tert-OH is 1. The van der Waals surface area contributed by atoms with Crippen molar-refractivity contribution in [1.82, 2.24) is 0 Å². The monoisotopic (exact) mass is 201 g/mol. The molecule has 0 heterocycles. The lowest BCUT2D eigenvalue weighted by Crippen LogP contribution is -1.96. The van der Waals surface area contributed by atoms with Crippen molar-refractivity contribution < 1.29 is 10.0 Å². The Morgan fingerprint density at radius 3 is 2.69 bits per heavy atom. The Bertz CT molecular complexity index is 351. The summed E-state index contributed by atoms with van der Waals surface area (Å²) in [5, 5.41) is 19.4. The second-order valence-electron chi connectivity index (χ2n) is 2.62. The molecule has 0 saturated carbocycles. The first-order valence-corrected chi connectivity index (χ1v) is 3.99. The first kappa shape index (κ1) is 9.95. The molecule has 0 aliphatic heterocycles. The number of nitrogens with zero attached hydrogens (tertiary/aromatic N) is 1. The molecule has 0 aliphatic carbocycles. The van der Waals surface area contributed by atoms with Gasteiger partial charge in [-0.3, -0.25) is 10.1 Å². The third-order valence-electron chi connectivity index (χ3n) is 1.75. The molecule has 1 rings (SSSR count). The van der Waals surface area contributed by atoms with Crippen LogP contribution in [0.3, 0.4) is 0 Å². The van der Waals surface area contributed by atoms with Crippen molar-refractivity contribution in [2.45, 2.75) is 13.5 Å². The average molecular weight is 202 g/mol. The van der Waals surface area contributed by atoms with Crippen LogP contribution in [0.2, 0.25) is 5.02 Å². The summed E-state index contributed by atoms with van der Waals surface area (Å²) in [4.78, 5) is 10.0. The van der Waals surface area contributed by atoms with E-state index in [1.165, 1.54) is 0 Å². The summed E-state index contributed by atoms with van der Waals surface area (Å²) < 4.78 is 0. The zero-order valence-electron chi connectivity index (χ0n) is 6.95. The van der Waals surface area contributed by atoms with Crippen LogP contribution < -0.4 is 0 Å². The minimum absolute atomic E-state index is 0.0208. The van der Waals surface area contributed by atoms with Crippen molar-refractivity contribution in [1.29, 1.82) is 0 Å². The SMILES string of the molecule is Cc1ccc(CO)c(Cl)c1[N+](=O)[O-]. The Morgan fingerprint density at radius 2 is 2.23 bits per heavy atom. The quantitative estimate of drug-likeness (QED) is 0.588. The van der Waals surface area contributed by atoms with Gasteiger partial charge in [-0.15, -0.1) is 0 Å². The van der Waals surface area contributed by atoms with E-state index in [0.29, 0.717) is 11.1 Å². The molecule has 0 radical (unpaired) electrons. The lowest BCUT2D eigenvalue weighted by molar-refractivity contribution is -0.385. The third kappa shape index (κ3) is 1.79.